The first kappa shape index (κ1) is 28.7. The Labute approximate surface area is 216 Å². The summed E-state index contributed by atoms with van der Waals surface area (Å²) >= 11 is 0. The average molecular weight is 537 g/mol. The molecule has 1 aromatic heterocycles. The van der Waals surface area contributed by atoms with Gasteiger partial charge in [0.25, 0.3) is 0 Å². The van der Waals surface area contributed by atoms with Crippen molar-refractivity contribution in [1.29, 1.82) is 0 Å². The number of ether oxygens (including phenoxy) is 1. The van der Waals surface area contributed by atoms with Crippen LogP contribution in [0.3, 0.4) is 0 Å². The Morgan fingerprint density at radius 3 is 2.49 bits per heavy atom. The number of aliphatic carboxylic acids is 1. The number of pyridine rings is 1. The number of fused-ring (bicyclic) bond motifs is 1. The number of carbonyl (C=O) groups is 1. The number of halogens is 1. The summed E-state index contributed by atoms with van der Waals surface area (Å²) < 4.78 is 46.6. The van der Waals surface area contributed by atoms with Gasteiger partial charge in [-0.05, 0) is 36.1 Å². The third-order valence-electron chi connectivity index (χ3n) is 6.00. The highest BCUT2D eigenvalue weighted by molar-refractivity contribution is 7.92. The summed E-state index contributed by atoms with van der Waals surface area (Å²) in [5, 5.41) is 29.2. The molecule has 0 unspecified atom stereocenters. The van der Waals surface area contributed by atoms with Crippen LogP contribution >= 0.6 is 0 Å². The first-order valence-corrected chi connectivity index (χ1v) is 13.8. The van der Waals surface area contributed by atoms with Gasteiger partial charge >= 0.3 is 5.97 Å². The molecule has 0 saturated carbocycles. The fourth-order valence-corrected chi connectivity index (χ4v) is 5.64. The lowest BCUT2D eigenvalue weighted by Crippen LogP contribution is -2.40. The Morgan fingerprint density at radius 2 is 1.92 bits per heavy atom. The summed E-state index contributed by atoms with van der Waals surface area (Å²) in [5.74, 6) is -1.54. The van der Waals surface area contributed by atoms with Crippen molar-refractivity contribution >= 4 is 27.9 Å². The van der Waals surface area contributed by atoms with E-state index in [1.165, 1.54) is 22.5 Å². The third kappa shape index (κ3) is 6.92. The smallest absolute Gasteiger partial charge is 0.305 e. The first-order valence-electron chi connectivity index (χ1n) is 12.0. The summed E-state index contributed by atoms with van der Waals surface area (Å²) in [6.07, 6.45) is 1.09. The van der Waals surface area contributed by atoms with E-state index in [1.807, 2.05) is 13.8 Å². The molecule has 2 heterocycles. The van der Waals surface area contributed by atoms with Gasteiger partial charge in [-0.15, -0.1) is 0 Å². The topological polar surface area (TPSA) is 137 Å². The Morgan fingerprint density at radius 1 is 1.27 bits per heavy atom. The van der Waals surface area contributed by atoms with Gasteiger partial charge in [-0.1, -0.05) is 38.1 Å². The maximum absolute atomic E-state index is 13.8. The van der Waals surface area contributed by atoms with E-state index in [0.717, 1.165) is 6.26 Å². The van der Waals surface area contributed by atoms with Crippen LogP contribution in [0.25, 0.3) is 17.2 Å². The van der Waals surface area contributed by atoms with Crippen molar-refractivity contribution in [3.8, 4) is 11.1 Å². The number of carboxylic acids is 1. The Balaban J connectivity index is 2.27. The lowest BCUT2D eigenvalue weighted by atomic mass is 9.90. The van der Waals surface area contributed by atoms with Crippen LogP contribution in [0.15, 0.2) is 30.3 Å². The number of anilines is 1. The van der Waals surface area contributed by atoms with Crippen LogP contribution in [0.2, 0.25) is 0 Å². The summed E-state index contributed by atoms with van der Waals surface area (Å²) in [5.41, 5.74) is 2.83. The lowest BCUT2D eigenvalue weighted by Gasteiger charge is -2.29. The van der Waals surface area contributed by atoms with Gasteiger partial charge in [0, 0.05) is 17.5 Å². The highest BCUT2D eigenvalue weighted by Crippen LogP contribution is 2.41. The highest BCUT2D eigenvalue weighted by atomic mass is 32.2. The van der Waals surface area contributed by atoms with Crippen LogP contribution in [0.1, 0.15) is 56.4 Å². The van der Waals surface area contributed by atoms with Crippen LogP contribution in [-0.2, 0) is 26.2 Å². The first-order chi connectivity index (χ1) is 17.3. The molecule has 0 aliphatic carbocycles. The standard InChI is InChI=1S/C26H33FN2O7S/c1-15(2)25-21(10-9-19(30)11-20(31)12-23(32)33)24(17-5-7-18(27)8-6-17)22-14-36-13-16(3)29(26(22)28-25)37(4,34)35/h5-10,15-16,19-20,30-31H,11-14H2,1-4H3,(H,32,33)/b10-9+/t16-,19+,20+/m0/s1. The Kier molecular flexibility index (Phi) is 9.06. The second kappa shape index (κ2) is 11.7. The van der Waals surface area contributed by atoms with Crippen molar-refractivity contribution in [2.45, 2.75) is 64.4 Å². The maximum Gasteiger partial charge on any atom is 0.305 e. The molecular formula is C26H33FN2O7S. The Hall–Kier alpha value is -2.86. The molecule has 0 radical (unpaired) electrons. The maximum atomic E-state index is 13.8. The van der Waals surface area contributed by atoms with E-state index in [0.29, 0.717) is 27.9 Å². The number of nitrogens with zero attached hydrogens (tertiary/aromatic N) is 2. The van der Waals surface area contributed by atoms with Crippen LogP contribution in [0, 0.1) is 5.82 Å². The number of benzene rings is 1. The number of carboxylic acid groups (broad SMARTS) is 1. The van der Waals surface area contributed by atoms with E-state index >= 15 is 0 Å². The molecule has 1 aliphatic rings. The number of aromatic nitrogens is 1. The Bertz CT molecular complexity index is 1260. The second-order valence-corrected chi connectivity index (χ2v) is 11.4. The number of aliphatic hydroxyl groups excluding tert-OH is 2. The summed E-state index contributed by atoms with van der Waals surface area (Å²) in [4.78, 5) is 15.6. The lowest BCUT2D eigenvalue weighted by molar-refractivity contribution is -0.139. The van der Waals surface area contributed by atoms with Crippen LogP contribution in [0.4, 0.5) is 10.2 Å². The van der Waals surface area contributed by atoms with Gasteiger partial charge in [0.15, 0.2) is 0 Å². The van der Waals surface area contributed by atoms with Crippen molar-refractivity contribution in [2.24, 2.45) is 0 Å². The van der Waals surface area contributed by atoms with Crippen molar-refractivity contribution in [3.63, 3.8) is 0 Å². The van der Waals surface area contributed by atoms with Crippen molar-refractivity contribution in [3.05, 3.63) is 53.0 Å². The molecule has 0 saturated heterocycles. The minimum absolute atomic E-state index is 0.0600. The molecule has 0 bridgehead atoms. The second-order valence-electron chi connectivity index (χ2n) is 9.59. The number of hydrogen-bond acceptors (Lipinski definition) is 7. The number of aliphatic hydroxyl groups is 2. The summed E-state index contributed by atoms with van der Waals surface area (Å²) in [6, 6.07) is 5.26. The largest absolute Gasteiger partial charge is 0.481 e. The number of hydrogen-bond donors (Lipinski definition) is 3. The molecule has 11 heteroatoms. The molecule has 3 N–H and O–H groups in total. The number of rotatable bonds is 9. The van der Waals surface area contributed by atoms with E-state index in [1.54, 1.807) is 25.1 Å². The predicted molar refractivity (Wildman–Crippen MR) is 138 cm³/mol. The molecule has 2 aromatic rings. The van der Waals surface area contributed by atoms with Crippen molar-refractivity contribution < 1.29 is 37.7 Å². The van der Waals surface area contributed by atoms with Gasteiger partial charge in [0.05, 0.1) is 49.8 Å². The van der Waals surface area contributed by atoms with Crippen molar-refractivity contribution in [2.75, 3.05) is 17.2 Å². The zero-order valence-electron chi connectivity index (χ0n) is 21.3. The molecule has 0 spiro atoms. The van der Waals surface area contributed by atoms with Crippen LogP contribution < -0.4 is 4.31 Å². The minimum atomic E-state index is -3.72. The van der Waals surface area contributed by atoms with Gasteiger partial charge in [-0.3, -0.25) is 4.79 Å². The predicted octanol–water partition coefficient (Wildman–Crippen LogP) is 3.30. The normalized spacial score (nSPS) is 18.1. The monoisotopic (exact) mass is 536 g/mol. The summed E-state index contributed by atoms with van der Waals surface area (Å²) in [7, 11) is -3.72. The van der Waals surface area contributed by atoms with Gasteiger partial charge in [0.1, 0.15) is 11.6 Å². The van der Waals surface area contributed by atoms with E-state index in [-0.39, 0.29) is 31.4 Å². The molecule has 1 aromatic carbocycles. The summed E-state index contributed by atoms with van der Waals surface area (Å²) in [6.45, 7) is 5.74. The van der Waals surface area contributed by atoms with E-state index < -0.39 is 46.5 Å². The van der Waals surface area contributed by atoms with Gasteiger partial charge in [0.2, 0.25) is 10.0 Å². The highest BCUT2D eigenvalue weighted by Gasteiger charge is 2.34. The molecule has 37 heavy (non-hydrogen) atoms. The molecule has 3 rings (SSSR count). The van der Waals surface area contributed by atoms with Crippen molar-refractivity contribution in [1.82, 2.24) is 4.98 Å². The fraction of sp³-hybridized carbons (Fsp3) is 0.462. The quantitative estimate of drug-likeness (QED) is 0.444. The fourth-order valence-electron chi connectivity index (χ4n) is 4.46. The molecule has 0 fully saturated rings. The van der Waals surface area contributed by atoms with E-state index in [4.69, 9.17) is 14.8 Å². The molecule has 202 valence electrons. The van der Waals surface area contributed by atoms with Gasteiger partial charge < -0.3 is 20.1 Å². The SMILES string of the molecule is CC(C)c1nc2c(c(-c3ccc(F)cc3)c1/C=C/[C@@H](O)C[C@@H](O)CC(=O)O)COC[C@H](C)N2S(C)(=O)=O. The van der Waals surface area contributed by atoms with E-state index in [9.17, 15) is 27.8 Å². The third-order valence-corrected chi connectivity index (χ3v) is 7.25. The van der Waals surface area contributed by atoms with Gasteiger partial charge in [-0.2, -0.15) is 0 Å². The van der Waals surface area contributed by atoms with Crippen LogP contribution in [0.5, 0.6) is 0 Å². The minimum Gasteiger partial charge on any atom is -0.481 e. The zero-order valence-corrected chi connectivity index (χ0v) is 22.1. The van der Waals surface area contributed by atoms with E-state index in [2.05, 4.69) is 0 Å². The molecule has 9 nitrogen and oxygen atoms in total. The molecule has 3 atom stereocenters. The zero-order chi connectivity index (χ0) is 27.5. The molecule has 1 aliphatic heterocycles. The molecule has 0 amide bonds. The molecular weight excluding hydrogens is 503 g/mol. The van der Waals surface area contributed by atoms with Crippen LogP contribution in [-0.4, -0.2) is 65.8 Å². The average Bonchev–Trinajstić information content (AvgIpc) is 2.94. The number of sulfonamides is 1. The van der Waals surface area contributed by atoms with Gasteiger partial charge in [-0.25, -0.2) is 22.1 Å².